The number of ether oxygens (including phenoxy) is 1. The summed E-state index contributed by atoms with van der Waals surface area (Å²) >= 11 is 0. The van der Waals surface area contributed by atoms with Crippen LogP contribution in [0.5, 0.6) is 0 Å². The average Bonchev–Trinajstić information content (AvgIpc) is 2.77. The molecule has 0 amide bonds. The molecule has 0 aromatic rings. The lowest BCUT2D eigenvalue weighted by Crippen LogP contribution is -2.05. The molecule has 2 heteroatoms. The summed E-state index contributed by atoms with van der Waals surface area (Å²) in [6.45, 7) is 9.91. The lowest BCUT2D eigenvalue weighted by molar-refractivity contribution is -0.143. The summed E-state index contributed by atoms with van der Waals surface area (Å²) in [5.74, 6) is 1.75. The summed E-state index contributed by atoms with van der Waals surface area (Å²) in [4.78, 5) is 11.8. The molecule has 0 N–H and O–H groups in total. The van der Waals surface area contributed by atoms with Gasteiger partial charge in [-0.2, -0.15) is 0 Å². The molecule has 0 radical (unpaired) electrons. The van der Waals surface area contributed by atoms with Crippen LogP contribution in [0.4, 0.5) is 0 Å². The molecule has 0 aliphatic heterocycles. The number of esters is 1. The van der Waals surface area contributed by atoms with Gasteiger partial charge in [0, 0.05) is 6.42 Å². The van der Waals surface area contributed by atoms with Crippen LogP contribution in [0.15, 0.2) is 0 Å². The molecular weight excluding hydrogens is 404 g/mol. The van der Waals surface area contributed by atoms with Gasteiger partial charge in [-0.3, -0.25) is 4.79 Å². The van der Waals surface area contributed by atoms with Crippen LogP contribution in [-0.2, 0) is 9.53 Å². The zero-order valence-corrected chi connectivity index (χ0v) is 23.4. The number of hydrogen-bond acceptors (Lipinski definition) is 2. The molecular formula is C31H62O2. The number of unbranched alkanes of at least 4 members (excludes halogenated alkanes) is 18. The fourth-order valence-electron chi connectivity index (χ4n) is 4.56. The summed E-state index contributed by atoms with van der Waals surface area (Å²) in [5.41, 5.74) is 0. The Bertz CT molecular complexity index is 388. The molecule has 0 heterocycles. The molecule has 0 saturated heterocycles. The lowest BCUT2D eigenvalue weighted by atomic mass is 10.0. The van der Waals surface area contributed by atoms with E-state index in [1.807, 2.05) is 0 Å². The maximum absolute atomic E-state index is 11.8. The normalized spacial score (nSPS) is 11.6. The van der Waals surface area contributed by atoms with Crippen LogP contribution >= 0.6 is 0 Å². The molecule has 0 aliphatic rings. The van der Waals surface area contributed by atoms with Crippen LogP contribution in [0.25, 0.3) is 0 Å². The molecule has 0 atom stereocenters. The van der Waals surface area contributed by atoms with E-state index in [2.05, 4.69) is 27.7 Å². The Kier molecular flexibility index (Phi) is 25.7. The Hall–Kier alpha value is -0.530. The van der Waals surface area contributed by atoms with E-state index >= 15 is 0 Å². The van der Waals surface area contributed by atoms with Gasteiger partial charge in [-0.1, -0.05) is 156 Å². The molecule has 0 aromatic heterocycles. The zero-order chi connectivity index (χ0) is 24.4. The highest BCUT2D eigenvalue weighted by molar-refractivity contribution is 5.69. The Balaban J connectivity index is 3.16. The second-order valence-corrected chi connectivity index (χ2v) is 11.4. The fourth-order valence-corrected chi connectivity index (χ4v) is 4.56. The number of carbonyl (C=O) groups is 1. The summed E-state index contributed by atoms with van der Waals surface area (Å²) in [7, 11) is 0. The summed E-state index contributed by atoms with van der Waals surface area (Å²) in [6, 6.07) is 0. The smallest absolute Gasteiger partial charge is 0.305 e. The number of carbonyl (C=O) groups excluding carboxylic acids is 1. The second-order valence-electron chi connectivity index (χ2n) is 11.4. The third kappa shape index (κ3) is 29.4. The third-order valence-electron chi connectivity index (χ3n) is 6.85. The van der Waals surface area contributed by atoms with E-state index in [1.54, 1.807) is 0 Å². The van der Waals surface area contributed by atoms with Crippen molar-refractivity contribution in [1.82, 2.24) is 0 Å². The minimum Gasteiger partial charge on any atom is -0.466 e. The van der Waals surface area contributed by atoms with E-state index in [9.17, 15) is 4.79 Å². The predicted molar refractivity (Wildman–Crippen MR) is 147 cm³/mol. The lowest BCUT2D eigenvalue weighted by Gasteiger charge is -2.06. The van der Waals surface area contributed by atoms with E-state index in [-0.39, 0.29) is 5.97 Å². The maximum Gasteiger partial charge on any atom is 0.305 e. The highest BCUT2D eigenvalue weighted by Crippen LogP contribution is 2.15. The molecule has 0 aliphatic carbocycles. The molecule has 198 valence electrons. The predicted octanol–water partition coefficient (Wildman–Crippen LogP) is 10.8. The monoisotopic (exact) mass is 466 g/mol. The molecule has 33 heavy (non-hydrogen) atoms. The van der Waals surface area contributed by atoms with Crippen molar-refractivity contribution in [3.05, 3.63) is 0 Å². The van der Waals surface area contributed by atoms with E-state index in [4.69, 9.17) is 4.74 Å². The van der Waals surface area contributed by atoms with Crippen LogP contribution in [0.3, 0.4) is 0 Å². The van der Waals surface area contributed by atoms with E-state index in [0.29, 0.717) is 13.0 Å². The summed E-state index contributed by atoms with van der Waals surface area (Å²) < 4.78 is 5.41. The van der Waals surface area contributed by atoms with Gasteiger partial charge in [0.1, 0.15) is 0 Å². The van der Waals surface area contributed by atoms with Gasteiger partial charge in [0.2, 0.25) is 0 Å². The minimum atomic E-state index is 0.0221. The molecule has 0 aromatic carbocycles. The van der Waals surface area contributed by atoms with Gasteiger partial charge in [-0.15, -0.1) is 0 Å². The first-order valence-corrected chi connectivity index (χ1v) is 15.2. The molecule has 0 fully saturated rings. The second kappa shape index (κ2) is 26.1. The van der Waals surface area contributed by atoms with Gasteiger partial charge >= 0.3 is 5.97 Å². The van der Waals surface area contributed by atoms with Crippen molar-refractivity contribution in [2.45, 2.75) is 175 Å². The molecule has 0 unspecified atom stereocenters. The summed E-state index contributed by atoms with van der Waals surface area (Å²) in [6.07, 6.45) is 29.9. The van der Waals surface area contributed by atoms with E-state index < -0.39 is 0 Å². The van der Waals surface area contributed by atoms with Crippen LogP contribution < -0.4 is 0 Å². The Morgan fingerprint density at radius 3 is 1.12 bits per heavy atom. The first kappa shape index (κ1) is 32.5. The molecule has 0 bridgehead atoms. The highest BCUT2D eigenvalue weighted by Gasteiger charge is 2.03. The maximum atomic E-state index is 11.8. The SMILES string of the molecule is CC(C)CCCCCCCCCCCCOC(=O)CCCCCCCCCCCCC(C)C. The van der Waals surface area contributed by atoms with Gasteiger partial charge in [0.05, 0.1) is 6.61 Å². The minimum absolute atomic E-state index is 0.0221. The quantitative estimate of drug-likeness (QED) is 0.0935. The van der Waals surface area contributed by atoms with Crippen molar-refractivity contribution >= 4 is 5.97 Å². The Labute approximate surface area is 209 Å². The van der Waals surface area contributed by atoms with Crippen molar-refractivity contribution in [2.75, 3.05) is 6.61 Å². The Morgan fingerprint density at radius 2 is 0.758 bits per heavy atom. The van der Waals surface area contributed by atoms with Crippen LogP contribution in [0.1, 0.15) is 175 Å². The van der Waals surface area contributed by atoms with Crippen LogP contribution in [0.2, 0.25) is 0 Å². The van der Waals surface area contributed by atoms with Crippen molar-refractivity contribution in [3.63, 3.8) is 0 Å². The first-order valence-electron chi connectivity index (χ1n) is 15.2. The van der Waals surface area contributed by atoms with Crippen molar-refractivity contribution in [1.29, 1.82) is 0 Å². The number of hydrogen-bond donors (Lipinski definition) is 0. The molecule has 0 spiro atoms. The largest absolute Gasteiger partial charge is 0.466 e. The van der Waals surface area contributed by atoms with Gasteiger partial charge in [0.25, 0.3) is 0 Å². The molecule has 2 nitrogen and oxygen atoms in total. The summed E-state index contributed by atoms with van der Waals surface area (Å²) in [5, 5.41) is 0. The van der Waals surface area contributed by atoms with Crippen molar-refractivity contribution in [3.8, 4) is 0 Å². The fraction of sp³-hybridized carbons (Fsp3) is 0.968. The van der Waals surface area contributed by atoms with Crippen LogP contribution in [-0.4, -0.2) is 12.6 Å². The highest BCUT2D eigenvalue weighted by atomic mass is 16.5. The van der Waals surface area contributed by atoms with Crippen molar-refractivity contribution in [2.24, 2.45) is 11.8 Å². The van der Waals surface area contributed by atoms with E-state index in [1.165, 1.54) is 128 Å². The zero-order valence-electron chi connectivity index (χ0n) is 23.4. The molecule has 0 rings (SSSR count). The van der Waals surface area contributed by atoms with Gasteiger partial charge in [-0.25, -0.2) is 0 Å². The topological polar surface area (TPSA) is 26.3 Å². The van der Waals surface area contributed by atoms with Gasteiger partial charge in [0.15, 0.2) is 0 Å². The van der Waals surface area contributed by atoms with Crippen molar-refractivity contribution < 1.29 is 9.53 Å². The average molecular weight is 467 g/mol. The van der Waals surface area contributed by atoms with E-state index in [0.717, 1.165) is 24.7 Å². The van der Waals surface area contributed by atoms with Crippen LogP contribution in [0, 0.1) is 11.8 Å². The van der Waals surface area contributed by atoms with Gasteiger partial charge < -0.3 is 4.74 Å². The number of rotatable bonds is 26. The van der Waals surface area contributed by atoms with Gasteiger partial charge in [-0.05, 0) is 24.7 Å². The standard InChI is InChI=1S/C31H62O2/c1-29(2)25-21-17-13-9-5-6-11-15-19-23-27-31(32)33-28-24-20-16-12-8-7-10-14-18-22-26-30(3)4/h29-30H,5-28H2,1-4H3. The first-order chi connectivity index (χ1) is 16.0. The third-order valence-corrected chi connectivity index (χ3v) is 6.85. The molecule has 0 saturated carbocycles. The Morgan fingerprint density at radius 1 is 0.455 bits per heavy atom.